The number of carbonyl (C=O) groups is 1. The molecule has 1 N–H and O–H groups in total. The second-order valence-corrected chi connectivity index (χ2v) is 8.42. The van der Waals surface area contributed by atoms with E-state index in [0.717, 1.165) is 48.5 Å². The summed E-state index contributed by atoms with van der Waals surface area (Å²) in [7, 11) is -4.07. The van der Waals surface area contributed by atoms with Crippen molar-refractivity contribution >= 4 is 15.7 Å². The molecule has 1 aromatic heterocycles. The van der Waals surface area contributed by atoms with E-state index in [-0.39, 0.29) is 16.2 Å². The third kappa shape index (κ3) is 4.70. The largest absolute Gasteiger partial charge is 0.468 e. The molecule has 0 aliphatic rings. The van der Waals surface area contributed by atoms with Crippen LogP contribution >= 0.6 is 0 Å². The average Bonchev–Trinajstić information content (AvgIpc) is 3.22. The van der Waals surface area contributed by atoms with Crippen LogP contribution < -0.4 is 5.32 Å². The number of nitrogens with one attached hydrogen (secondary N) is 1. The van der Waals surface area contributed by atoms with Crippen LogP contribution in [0.1, 0.15) is 26.9 Å². The normalized spacial score (nSPS) is 13.1. The fourth-order valence-electron chi connectivity index (χ4n) is 2.72. The zero-order chi connectivity index (χ0) is 21.9. The second kappa shape index (κ2) is 8.31. The summed E-state index contributed by atoms with van der Waals surface area (Å²) in [5.74, 6) is -1.32. The van der Waals surface area contributed by atoms with Crippen LogP contribution in [0.2, 0.25) is 0 Å². The number of furan rings is 1. The third-order valence-corrected chi connectivity index (χ3v) is 6.38. The smallest absolute Gasteiger partial charge is 0.416 e. The summed E-state index contributed by atoms with van der Waals surface area (Å²) in [6, 6.07) is 10.6. The fourth-order valence-corrected chi connectivity index (χ4v) is 4.31. The minimum atomic E-state index is -4.54. The van der Waals surface area contributed by atoms with E-state index in [1.165, 1.54) is 18.4 Å². The van der Waals surface area contributed by atoms with Gasteiger partial charge in [0.05, 0.1) is 16.7 Å². The number of halogens is 4. The topological polar surface area (TPSA) is 76.4 Å². The van der Waals surface area contributed by atoms with Gasteiger partial charge in [-0.2, -0.15) is 13.2 Å². The molecule has 0 fully saturated rings. The van der Waals surface area contributed by atoms with Crippen molar-refractivity contribution in [3.05, 3.63) is 89.6 Å². The first-order chi connectivity index (χ1) is 14.1. The van der Waals surface area contributed by atoms with E-state index in [1.807, 2.05) is 0 Å². The minimum Gasteiger partial charge on any atom is -0.468 e. The molecule has 0 aliphatic carbocycles. The van der Waals surface area contributed by atoms with E-state index in [2.05, 4.69) is 5.32 Å². The monoisotopic (exact) mass is 441 g/mol. The van der Waals surface area contributed by atoms with Gasteiger partial charge in [0.1, 0.15) is 16.8 Å². The van der Waals surface area contributed by atoms with E-state index in [9.17, 15) is 30.8 Å². The molecule has 1 unspecified atom stereocenters. The van der Waals surface area contributed by atoms with Crippen molar-refractivity contribution in [2.24, 2.45) is 0 Å². The number of hydrogen-bond donors (Lipinski definition) is 1. The third-order valence-electron chi connectivity index (χ3n) is 4.30. The van der Waals surface area contributed by atoms with E-state index >= 15 is 0 Å². The highest BCUT2D eigenvalue weighted by atomic mass is 32.2. The standard InChI is InChI=1S/C20H15F4NO4S/c21-15-7-9-16(10-8-15)30(27,28)18(17-2-1-11-29-17)12-25-19(26)13-3-5-14(6-4-13)20(22,23)24/h1-11,18H,12H2,(H,25,26). The van der Waals surface area contributed by atoms with Gasteiger partial charge in [-0.05, 0) is 60.7 Å². The number of carbonyl (C=O) groups excluding carboxylic acids is 1. The lowest BCUT2D eigenvalue weighted by Crippen LogP contribution is -2.31. The molecular weight excluding hydrogens is 426 g/mol. The molecule has 3 rings (SSSR count). The molecule has 0 bridgehead atoms. The van der Waals surface area contributed by atoms with Gasteiger partial charge in [-0.25, -0.2) is 12.8 Å². The SMILES string of the molecule is O=C(NCC(c1ccco1)S(=O)(=O)c1ccc(F)cc1)c1ccc(C(F)(F)F)cc1. The Labute approximate surface area is 169 Å². The molecule has 158 valence electrons. The van der Waals surface area contributed by atoms with Crippen molar-refractivity contribution in [2.75, 3.05) is 6.54 Å². The zero-order valence-electron chi connectivity index (χ0n) is 15.2. The summed E-state index contributed by atoms with van der Waals surface area (Å²) in [6.45, 7) is -0.410. The van der Waals surface area contributed by atoms with Crippen molar-refractivity contribution in [3.63, 3.8) is 0 Å². The Bertz CT molecular complexity index is 1110. The number of hydrogen-bond acceptors (Lipinski definition) is 4. The van der Waals surface area contributed by atoms with Gasteiger partial charge >= 0.3 is 6.18 Å². The quantitative estimate of drug-likeness (QED) is 0.455. The Balaban J connectivity index is 1.81. The van der Waals surface area contributed by atoms with E-state index in [1.54, 1.807) is 0 Å². The predicted molar refractivity (Wildman–Crippen MR) is 98.8 cm³/mol. The highest BCUT2D eigenvalue weighted by Gasteiger charge is 2.33. The average molecular weight is 441 g/mol. The van der Waals surface area contributed by atoms with Gasteiger partial charge in [-0.1, -0.05) is 0 Å². The molecule has 0 radical (unpaired) electrons. The van der Waals surface area contributed by atoms with Gasteiger partial charge < -0.3 is 9.73 Å². The first kappa shape index (κ1) is 21.6. The van der Waals surface area contributed by atoms with Crippen LogP contribution in [-0.4, -0.2) is 20.9 Å². The number of amides is 1. The first-order valence-electron chi connectivity index (χ1n) is 8.57. The molecule has 0 aliphatic heterocycles. The maximum Gasteiger partial charge on any atom is 0.416 e. The summed E-state index contributed by atoms with van der Waals surface area (Å²) in [6.07, 6.45) is -3.27. The molecule has 2 aromatic carbocycles. The maximum absolute atomic E-state index is 13.2. The number of benzene rings is 2. The van der Waals surface area contributed by atoms with Crippen LogP contribution in [0, 0.1) is 5.82 Å². The van der Waals surface area contributed by atoms with Crippen LogP contribution in [0.4, 0.5) is 17.6 Å². The Kier molecular flexibility index (Phi) is 5.97. The fraction of sp³-hybridized carbons (Fsp3) is 0.150. The van der Waals surface area contributed by atoms with E-state index < -0.39 is 45.1 Å². The molecule has 0 saturated carbocycles. The van der Waals surface area contributed by atoms with Gasteiger partial charge in [0, 0.05) is 12.1 Å². The Hall–Kier alpha value is -3.14. The summed E-state index contributed by atoms with van der Waals surface area (Å²) in [5, 5.41) is 1.08. The van der Waals surface area contributed by atoms with Gasteiger partial charge in [-0.15, -0.1) is 0 Å². The van der Waals surface area contributed by atoms with E-state index in [0.29, 0.717) is 0 Å². The predicted octanol–water partition coefficient (Wildman–Crippen LogP) is 4.38. The lowest BCUT2D eigenvalue weighted by atomic mass is 10.1. The molecule has 30 heavy (non-hydrogen) atoms. The Morgan fingerprint density at radius 2 is 1.63 bits per heavy atom. The van der Waals surface area contributed by atoms with Crippen LogP contribution in [0.15, 0.2) is 76.2 Å². The molecule has 0 spiro atoms. The maximum atomic E-state index is 13.2. The molecule has 3 aromatic rings. The van der Waals surface area contributed by atoms with Crippen molar-refractivity contribution in [3.8, 4) is 0 Å². The lowest BCUT2D eigenvalue weighted by Gasteiger charge is -2.17. The van der Waals surface area contributed by atoms with Gasteiger partial charge in [-0.3, -0.25) is 4.79 Å². The number of rotatable bonds is 6. The lowest BCUT2D eigenvalue weighted by molar-refractivity contribution is -0.137. The summed E-state index contributed by atoms with van der Waals surface area (Å²) >= 11 is 0. The Morgan fingerprint density at radius 1 is 1.00 bits per heavy atom. The van der Waals surface area contributed by atoms with Gasteiger partial charge in [0.2, 0.25) is 0 Å². The molecule has 0 saturated heterocycles. The van der Waals surface area contributed by atoms with Crippen molar-refractivity contribution < 1.29 is 35.2 Å². The van der Waals surface area contributed by atoms with Gasteiger partial charge in [0.15, 0.2) is 9.84 Å². The highest BCUT2D eigenvalue weighted by Crippen LogP contribution is 2.30. The molecule has 10 heteroatoms. The van der Waals surface area contributed by atoms with Crippen molar-refractivity contribution in [1.82, 2.24) is 5.32 Å². The van der Waals surface area contributed by atoms with Crippen molar-refractivity contribution in [1.29, 1.82) is 0 Å². The highest BCUT2D eigenvalue weighted by molar-refractivity contribution is 7.91. The molecule has 1 amide bonds. The minimum absolute atomic E-state index is 0.0482. The van der Waals surface area contributed by atoms with Crippen molar-refractivity contribution in [2.45, 2.75) is 16.3 Å². The van der Waals surface area contributed by atoms with Crippen LogP contribution in [0.25, 0.3) is 0 Å². The number of sulfone groups is 1. The molecule has 5 nitrogen and oxygen atoms in total. The summed E-state index contributed by atoms with van der Waals surface area (Å²) in [4.78, 5) is 12.1. The van der Waals surface area contributed by atoms with Crippen LogP contribution in [0.3, 0.4) is 0 Å². The van der Waals surface area contributed by atoms with Crippen LogP contribution in [0.5, 0.6) is 0 Å². The second-order valence-electron chi connectivity index (χ2n) is 6.29. The number of alkyl halides is 3. The molecule has 1 heterocycles. The first-order valence-corrected chi connectivity index (χ1v) is 10.1. The molecular formula is C20H15F4NO4S. The summed E-state index contributed by atoms with van der Waals surface area (Å²) in [5.41, 5.74) is -0.980. The Morgan fingerprint density at radius 3 is 2.17 bits per heavy atom. The summed E-state index contributed by atoms with van der Waals surface area (Å²) < 4.78 is 82.3. The van der Waals surface area contributed by atoms with E-state index in [4.69, 9.17) is 4.42 Å². The van der Waals surface area contributed by atoms with Crippen LogP contribution in [-0.2, 0) is 16.0 Å². The zero-order valence-corrected chi connectivity index (χ0v) is 16.0. The van der Waals surface area contributed by atoms with Gasteiger partial charge in [0.25, 0.3) is 5.91 Å². The molecule has 1 atom stereocenters.